The summed E-state index contributed by atoms with van der Waals surface area (Å²) in [6, 6.07) is 15.7. The van der Waals surface area contributed by atoms with Gasteiger partial charge in [-0.15, -0.1) is 0 Å². The maximum Gasteiger partial charge on any atom is 0.241 e. The maximum atomic E-state index is 12.8. The van der Waals surface area contributed by atoms with Crippen LogP contribution < -0.4 is 11.1 Å². The molecule has 0 spiro atoms. The summed E-state index contributed by atoms with van der Waals surface area (Å²) in [7, 11) is 0. The average molecular weight is 379 g/mol. The van der Waals surface area contributed by atoms with E-state index in [1.807, 2.05) is 30.0 Å². The number of piperidine rings is 1. The van der Waals surface area contributed by atoms with Crippen molar-refractivity contribution in [2.75, 3.05) is 18.4 Å². The Morgan fingerprint density at radius 1 is 1.00 bits per heavy atom. The van der Waals surface area contributed by atoms with Gasteiger partial charge in [0, 0.05) is 17.0 Å². The number of rotatable bonds is 6. The standard InChI is InChI=1S/C22H25N3O3/c1-15(25-13-11-17(12-14-25)21(23)27)22(28)24-19-10-6-5-9-18(19)20(26)16-7-3-2-4-8-16/h2-10,15,17H,11-14H2,1H3,(H2,23,27)(H,24,28). The number of hydrogen-bond donors (Lipinski definition) is 2. The number of benzene rings is 2. The Hall–Kier alpha value is -2.99. The van der Waals surface area contributed by atoms with E-state index in [1.165, 1.54) is 0 Å². The van der Waals surface area contributed by atoms with Crippen LogP contribution in [0.15, 0.2) is 54.6 Å². The van der Waals surface area contributed by atoms with Gasteiger partial charge >= 0.3 is 0 Å². The first-order valence-corrected chi connectivity index (χ1v) is 9.50. The summed E-state index contributed by atoms with van der Waals surface area (Å²) in [6.07, 6.45) is 1.33. The molecule has 1 fully saturated rings. The first-order chi connectivity index (χ1) is 13.5. The molecule has 0 aliphatic carbocycles. The normalized spacial score (nSPS) is 16.3. The van der Waals surface area contributed by atoms with Crippen LogP contribution in [0.4, 0.5) is 5.69 Å². The molecule has 3 rings (SSSR count). The molecule has 3 N–H and O–H groups in total. The number of nitrogens with one attached hydrogen (secondary N) is 1. The molecule has 1 aliphatic rings. The summed E-state index contributed by atoms with van der Waals surface area (Å²) in [5.41, 5.74) is 6.91. The summed E-state index contributed by atoms with van der Waals surface area (Å²) in [4.78, 5) is 39.0. The Morgan fingerprint density at radius 3 is 2.25 bits per heavy atom. The lowest BCUT2D eigenvalue weighted by Gasteiger charge is -2.34. The van der Waals surface area contributed by atoms with Crippen LogP contribution in [0.2, 0.25) is 0 Å². The van der Waals surface area contributed by atoms with Gasteiger partial charge in [-0.1, -0.05) is 42.5 Å². The van der Waals surface area contributed by atoms with E-state index in [0.29, 0.717) is 42.7 Å². The highest BCUT2D eigenvalue weighted by Gasteiger charge is 2.29. The van der Waals surface area contributed by atoms with E-state index in [2.05, 4.69) is 5.32 Å². The zero-order chi connectivity index (χ0) is 20.1. The van der Waals surface area contributed by atoms with Crippen LogP contribution in [-0.4, -0.2) is 41.6 Å². The molecule has 2 amide bonds. The van der Waals surface area contributed by atoms with Crippen molar-refractivity contribution in [2.24, 2.45) is 11.7 Å². The fourth-order valence-corrected chi connectivity index (χ4v) is 3.51. The highest BCUT2D eigenvalue weighted by molar-refractivity contribution is 6.14. The number of para-hydroxylation sites is 1. The van der Waals surface area contributed by atoms with Crippen LogP contribution in [0.25, 0.3) is 0 Å². The molecule has 28 heavy (non-hydrogen) atoms. The molecule has 1 aliphatic heterocycles. The fourth-order valence-electron chi connectivity index (χ4n) is 3.51. The molecule has 1 atom stereocenters. The summed E-state index contributed by atoms with van der Waals surface area (Å²) in [6.45, 7) is 3.13. The van der Waals surface area contributed by atoms with E-state index in [1.54, 1.807) is 36.4 Å². The van der Waals surface area contributed by atoms with E-state index < -0.39 is 0 Å². The number of hydrogen-bond acceptors (Lipinski definition) is 4. The predicted octanol–water partition coefficient (Wildman–Crippen LogP) is 2.44. The molecule has 0 bridgehead atoms. The number of likely N-dealkylation sites (tertiary alicyclic amines) is 1. The molecule has 146 valence electrons. The van der Waals surface area contributed by atoms with Crippen LogP contribution in [0, 0.1) is 5.92 Å². The third kappa shape index (κ3) is 4.46. The van der Waals surface area contributed by atoms with Crippen LogP contribution in [-0.2, 0) is 9.59 Å². The van der Waals surface area contributed by atoms with Crippen LogP contribution in [0.5, 0.6) is 0 Å². The zero-order valence-corrected chi connectivity index (χ0v) is 15.9. The minimum atomic E-state index is -0.367. The molecule has 1 unspecified atom stereocenters. The average Bonchev–Trinajstić information content (AvgIpc) is 2.73. The van der Waals surface area contributed by atoms with Crippen molar-refractivity contribution in [3.63, 3.8) is 0 Å². The molecule has 2 aromatic carbocycles. The van der Waals surface area contributed by atoms with Crippen molar-refractivity contribution in [3.8, 4) is 0 Å². The second kappa shape index (κ2) is 8.80. The lowest BCUT2D eigenvalue weighted by Crippen LogP contribution is -2.47. The smallest absolute Gasteiger partial charge is 0.241 e. The maximum absolute atomic E-state index is 12.8. The molecular formula is C22H25N3O3. The molecule has 1 saturated heterocycles. The molecule has 1 heterocycles. The van der Waals surface area contributed by atoms with E-state index in [9.17, 15) is 14.4 Å². The lowest BCUT2D eigenvalue weighted by molar-refractivity contribution is -0.124. The number of nitrogens with two attached hydrogens (primary N) is 1. The molecule has 0 saturated carbocycles. The van der Waals surface area contributed by atoms with Crippen LogP contribution >= 0.6 is 0 Å². The Labute approximate surface area is 164 Å². The van der Waals surface area contributed by atoms with E-state index in [0.717, 1.165) is 0 Å². The minimum Gasteiger partial charge on any atom is -0.369 e. The van der Waals surface area contributed by atoms with Gasteiger partial charge in [0.2, 0.25) is 11.8 Å². The topological polar surface area (TPSA) is 92.5 Å². The van der Waals surface area contributed by atoms with Crippen molar-refractivity contribution in [1.82, 2.24) is 4.90 Å². The fraction of sp³-hybridized carbons (Fsp3) is 0.318. The summed E-state index contributed by atoms with van der Waals surface area (Å²) in [5, 5.41) is 2.90. The van der Waals surface area contributed by atoms with Gasteiger partial charge in [-0.3, -0.25) is 19.3 Å². The minimum absolute atomic E-state index is 0.115. The molecule has 0 aromatic heterocycles. The van der Waals surface area contributed by atoms with E-state index >= 15 is 0 Å². The number of nitrogens with zero attached hydrogens (tertiary/aromatic N) is 1. The lowest BCUT2D eigenvalue weighted by atomic mass is 9.95. The van der Waals surface area contributed by atoms with Gasteiger partial charge in [-0.25, -0.2) is 0 Å². The SMILES string of the molecule is CC(C(=O)Nc1ccccc1C(=O)c1ccccc1)N1CCC(C(N)=O)CC1. The Morgan fingerprint density at radius 2 is 1.61 bits per heavy atom. The summed E-state index contributed by atoms with van der Waals surface area (Å²) >= 11 is 0. The van der Waals surface area contributed by atoms with Crippen molar-refractivity contribution < 1.29 is 14.4 Å². The first-order valence-electron chi connectivity index (χ1n) is 9.50. The van der Waals surface area contributed by atoms with E-state index in [4.69, 9.17) is 5.73 Å². The number of carbonyl (C=O) groups is 3. The largest absolute Gasteiger partial charge is 0.369 e. The Kier molecular flexibility index (Phi) is 6.21. The highest BCUT2D eigenvalue weighted by Crippen LogP contribution is 2.22. The molecule has 2 aromatic rings. The first kappa shape index (κ1) is 19.8. The van der Waals surface area contributed by atoms with Crippen molar-refractivity contribution >= 4 is 23.3 Å². The highest BCUT2D eigenvalue weighted by atomic mass is 16.2. The second-order valence-electron chi connectivity index (χ2n) is 7.12. The molecular weight excluding hydrogens is 354 g/mol. The monoisotopic (exact) mass is 379 g/mol. The van der Waals surface area contributed by atoms with Gasteiger partial charge in [-0.2, -0.15) is 0 Å². The van der Waals surface area contributed by atoms with Gasteiger partial charge in [-0.05, 0) is 45.0 Å². The van der Waals surface area contributed by atoms with Crippen molar-refractivity contribution in [1.29, 1.82) is 0 Å². The molecule has 6 heteroatoms. The van der Waals surface area contributed by atoms with Gasteiger partial charge in [0.15, 0.2) is 5.78 Å². The molecule has 6 nitrogen and oxygen atoms in total. The van der Waals surface area contributed by atoms with Gasteiger partial charge < -0.3 is 11.1 Å². The second-order valence-corrected chi connectivity index (χ2v) is 7.12. The zero-order valence-electron chi connectivity index (χ0n) is 15.9. The van der Waals surface area contributed by atoms with Gasteiger partial charge in [0.25, 0.3) is 0 Å². The number of anilines is 1. The third-order valence-electron chi connectivity index (χ3n) is 5.32. The van der Waals surface area contributed by atoms with Gasteiger partial charge in [0.05, 0.1) is 11.7 Å². The Bertz CT molecular complexity index is 858. The quantitative estimate of drug-likeness (QED) is 0.754. The van der Waals surface area contributed by atoms with Crippen molar-refractivity contribution in [2.45, 2.75) is 25.8 Å². The number of ketones is 1. The summed E-state index contributed by atoms with van der Waals surface area (Å²) in [5.74, 6) is -0.696. The summed E-state index contributed by atoms with van der Waals surface area (Å²) < 4.78 is 0. The van der Waals surface area contributed by atoms with Crippen LogP contribution in [0.1, 0.15) is 35.7 Å². The third-order valence-corrected chi connectivity index (χ3v) is 5.32. The molecule has 0 radical (unpaired) electrons. The number of primary amides is 1. The van der Waals surface area contributed by atoms with Gasteiger partial charge in [0.1, 0.15) is 0 Å². The predicted molar refractivity (Wildman–Crippen MR) is 108 cm³/mol. The van der Waals surface area contributed by atoms with Crippen LogP contribution in [0.3, 0.4) is 0 Å². The Balaban J connectivity index is 1.69. The number of carbonyl (C=O) groups excluding carboxylic acids is 3. The van der Waals surface area contributed by atoms with Crippen molar-refractivity contribution in [3.05, 3.63) is 65.7 Å². The number of amides is 2. The van der Waals surface area contributed by atoms with E-state index in [-0.39, 0.29) is 29.6 Å².